The van der Waals surface area contributed by atoms with Gasteiger partial charge in [-0.2, -0.15) is 0 Å². The molecule has 0 atom stereocenters. The van der Waals surface area contributed by atoms with Crippen molar-refractivity contribution in [2.45, 2.75) is 6.42 Å². The molecule has 6 nitrogen and oxygen atoms in total. The zero-order chi connectivity index (χ0) is 17.4. The highest BCUT2D eigenvalue weighted by Gasteiger charge is 2.13. The summed E-state index contributed by atoms with van der Waals surface area (Å²) in [5.41, 5.74) is 2.29. The molecule has 0 aliphatic carbocycles. The van der Waals surface area contributed by atoms with Gasteiger partial charge in [0.15, 0.2) is 5.11 Å². The molecule has 0 amide bonds. The maximum atomic E-state index is 11.1. The first kappa shape index (κ1) is 17.8. The van der Waals surface area contributed by atoms with E-state index >= 15 is 0 Å². The predicted octanol–water partition coefficient (Wildman–Crippen LogP) is 3.58. The van der Waals surface area contributed by atoms with E-state index in [-0.39, 0.29) is 10.6 Å². The van der Waals surface area contributed by atoms with Gasteiger partial charge in [0.2, 0.25) is 0 Å². The van der Waals surface area contributed by atoms with Gasteiger partial charge < -0.3 is 15.4 Å². The fourth-order valence-electron chi connectivity index (χ4n) is 2.20. The number of nitrogens with zero attached hydrogens (tertiary/aromatic N) is 1. The SMILES string of the molecule is COCCCNC(=S)Nc1ccc(-c2ccccc2[N+](=O)[O-])cc1. The van der Waals surface area contributed by atoms with Crippen molar-refractivity contribution in [1.82, 2.24) is 5.32 Å². The van der Waals surface area contributed by atoms with Crippen LogP contribution < -0.4 is 10.6 Å². The lowest BCUT2D eigenvalue weighted by Crippen LogP contribution is -2.29. The molecule has 0 heterocycles. The Morgan fingerprint density at radius 3 is 2.58 bits per heavy atom. The van der Waals surface area contributed by atoms with Crippen LogP contribution >= 0.6 is 12.2 Å². The second kappa shape index (κ2) is 8.95. The second-order valence-electron chi connectivity index (χ2n) is 5.08. The summed E-state index contributed by atoms with van der Waals surface area (Å²) in [6, 6.07) is 14.0. The first-order valence-electron chi connectivity index (χ1n) is 7.49. The average molecular weight is 345 g/mol. The van der Waals surface area contributed by atoms with E-state index in [1.54, 1.807) is 25.3 Å². The molecule has 0 spiro atoms. The van der Waals surface area contributed by atoms with Gasteiger partial charge in [-0.05, 0) is 42.4 Å². The molecule has 0 saturated heterocycles. The van der Waals surface area contributed by atoms with Crippen LogP contribution in [0.5, 0.6) is 0 Å². The minimum atomic E-state index is -0.374. The van der Waals surface area contributed by atoms with Gasteiger partial charge in [0.1, 0.15) is 0 Å². The summed E-state index contributed by atoms with van der Waals surface area (Å²) in [4.78, 5) is 10.7. The van der Waals surface area contributed by atoms with Gasteiger partial charge in [0, 0.05) is 32.0 Å². The number of benzene rings is 2. The largest absolute Gasteiger partial charge is 0.385 e. The average Bonchev–Trinajstić information content (AvgIpc) is 2.59. The topological polar surface area (TPSA) is 76.4 Å². The Balaban J connectivity index is 2.01. The molecule has 0 unspecified atom stereocenters. The highest BCUT2D eigenvalue weighted by Crippen LogP contribution is 2.30. The van der Waals surface area contributed by atoms with Crippen molar-refractivity contribution in [1.29, 1.82) is 0 Å². The van der Waals surface area contributed by atoms with Crippen LogP contribution in [-0.4, -0.2) is 30.3 Å². The summed E-state index contributed by atoms with van der Waals surface area (Å²) in [5.74, 6) is 0. The third-order valence-electron chi connectivity index (χ3n) is 3.37. The molecule has 7 heteroatoms. The minimum absolute atomic E-state index is 0.0912. The number of nitrogens with one attached hydrogen (secondary N) is 2. The van der Waals surface area contributed by atoms with E-state index < -0.39 is 0 Å². The maximum absolute atomic E-state index is 11.1. The number of para-hydroxylation sites is 1. The van der Waals surface area contributed by atoms with Crippen LogP contribution in [-0.2, 0) is 4.74 Å². The van der Waals surface area contributed by atoms with Crippen molar-refractivity contribution in [2.24, 2.45) is 0 Å². The van der Waals surface area contributed by atoms with Crippen LogP contribution in [0.3, 0.4) is 0 Å². The van der Waals surface area contributed by atoms with Gasteiger partial charge in [0.25, 0.3) is 5.69 Å². The molecule has 0 radical (unpaired) electrons. The Bertz CT molecular complexity index is 704. The Kier molecular flexibility index (Phi) is 6.65. The lowest BCUT2D eigenvalue weighted by atomic mass is 10.0. The van der Waals surface area contributed by atoms with Crippen LogP contribution in [0.15, 0.2) is 48.5 Å². The number of nitro benzene ring substituents is 1. The van der Waals surface area contributed by atoms with E-state index in [0.29, 0.717) is 17.3 Å². The fourth-order valence-corrected chi connectivity index (χ4v) is 2.42. The number of thiocarbonyl (C=S) groups is 1. The molecule has 0 aromatic heterocycles. The first-order chi connectivity index (χ1) is 11.6. The van der Waals surface area contributed by atoms with Gasteiger partial charge in [-0.3, -0.25) is 10.1 Å². The number of anilines is 1. The molecule has 2 aromatic carbocycles. The molecule has 0 bridgehead atoms. The number of rotatable bonds is 7. The van der Waals surface area contributed by atoms with Crippen LogP contribution in [0.2, 0.25) is 0 Å². The van der Waals surface area contributed by atoms with E-state index in [4.69, 9.17) is 17.0 Å². The Morgan fingerprint density at radius 1 is 1.21 bits per heavy atom. The van der Waals surface area contributed by atoms with E-state index in [1.807, 2.05) is 24.3 Å². The van der Waals surface area contributed by atoms with Crippen LogP contribution in [0.4, 0.5) is 11.4 Å². The van der Waals surface area contributed by atoms with Gasteiger partial charge in [-0.25, -0.2) is 0 Å². The molecular formula is C17H19N3O3S. The minimum Gasteiger partial charge on any atom is -0.385 e. The van der Waals surface area contributed by atoms with Crippen LogP contribution in [0.1, 0.15) is 6.42 Å². The number of ether oxygens (including phenoxy) is 1. The number of methoxy groups -OCH3 is 1. The summed E-state index contributed by atoms with van der Waals surface area (Å²) in [7, 11) is 1.66. The lowest BCUT2D eigenvalue weighted by molar-refractivity contribution is -0.384. The Morgan fingerprint density at radius 2 is 1.92 bits per heavy atom. The third kappa shape index (κ3) is 5.00. The van der Waals surface area contributed by atoms with Crippen LogP contribution in [0, 0.1) is 10.1 Å². The quantitative estimate of drug-likeness (QED) is 0.346. The highest BCUT2D eigenvalue weighted by molar-refractivity contribution is 7.80. The van der Waals surface area contributed by atoms with E-state index in [9.17, 15) is 10.1 Å². The zero-order valence-electron chi connectivity index (χ0n) is 13.3. The van der Waals surface area contributed by atoms with E-state index in [0.717, 1.165) is 24.2 Å². The molecule has 2 N–H and O–H groups in total. The van der Waals surface area contributed by atoms with Crippen molar-refractivity contribution < 1.29 is 9.66 Å². The highest BCUT2D eigenvalue weighted by atomic mass is 32.1. The molecule has 0 aliphatic heterocycles. The summed E-state index contributed by atoms with van der Waals surface area (Å²) in [5, 5.41) is 17.8. The lowest BCUT2D eigenvalue weighted by Gasteiger charge is -2.11. The third-order valence-corrected chi connectivity index (χ3v) is 3.61. The molecule has 0 fully saturated rings. The number of hydrogen-bond donors (Lipinski definition) is 2. The Hall–Kier alpha value is -2.51. The van der Waals surface area contributed by atoms with Crippen molar-refractivity contribution in [3.8, 4) is 11.1 Å². The molecule has 126 valence electrons. The summed E-state index contributed by atoms with van der Waals surface area (Å²) in [6.45, 7) is 1.41. The van der Waals surface area contributed by atoms with E-state index in [2.05, 4.69) is 10.6 Å². The van der Waals surface area contributed by atoms with Gasteiger partial charge in [-0.15, -0.1) is 0 Å². The molecule has 24 heavy (non-hydrogen) atoms. The van der Waals surface area contributed by atoms with Gasteiger partial charge in [0.05, 0.1) is 10.5 Å². The first-order valence-corrected chi connectivity index (χ1v) is 7.90. The summed E-state index contributed by atoms with van der Waals surface area (Å²) in [6.07, 6.45) is 0.870. The Labute approximate surface area is 146 Å². The van der Waals surface area contributed by atoms with Gasteiger partial charge in [-0.1, -0.05) is 24.3 Å². The molecular weight excluding hydrogens is 326 g/mol. The molecule has 0 saturated carbocycles. The summed E-state index contributed by atoms with van der Waals surface area (Å²) >= 11 is 5.21. The normalized spacial score (nSPS) is 10.2. The monoisotopic (exact) mass is 345 g/mol. The number of hydrogen-bond acceptors (Lipinski definition) is 4. The van der Waals surface area contributed by atoms with Crippen molar-refractivity contribution in [3.05, 3.63) is 58.6 Å². The number of nitro groups is 1. The molecule has 0 aliphatic rings. The second-order valence-corrected chi connectivity index (χ2v) is 5.49. The predicted molar refractivity (Wildman–Crippen MR) is 99.2 cm³/mol. The van der Waals surface area contributed by atoms with E-state index in [1.165, 1.54) is 6.07 Å². The smallest absolute Gasteiger partial charge is 0.277 e. The maximum Gasteiger partial charge on any atom is 0.277 e. The van der Waals surface area contributed by atoms with Crippen molar-refractivity contribution in [2.75, 3.05) is 25.6 Å². The van der Waals surface area contributed by atoms with Crippen LogP contribution in [0.25, 0.3) is 11.1 Å². The standard InChI is InChI=1S/C17H19N3O3S/c1-23-12-4-11-18-17(24)19-14-9-7-13(8-10-14)15-5-2-3-6-16(15)20(21)22/h2-3,5-10H,4,11-12H2,1H3,(H2,18,19,24). The molecule has 2 aromatic rings. The van der Waals surface area contributed by atoms with Gasteiger partial charge >= 0.3 is 0 Å². The summed E-state index contributed by atoms with van der Waals surface area (Å²) < 4.78 is 4.97. The fraction of sp³-hybridized carbons (Fsp3) is 0.235. The van der Waals surface area contributed by atoms with Crippen molar-refractivity contribution in [3.63, 3.8) is 0 Å². The zero-order valence-corrected chi connectivity index (χ0v) is 14.1. The van der Waals surface area contributed by atoms with Crippen molar-refractivity contribution >= 4 is 28.7 Å². The molecule has 2 rings (SSSR count).